The Morgan fingerprint density at radius 3 is 2.60 bits per heavy atom. The van der Waals surface area contributed by atoms with Crippen LogP contribution in [-0.4, -0.2) is 37.4 Å². The molecule has 0 amide bonds. The molecule has 0 spiro atoms. The van der Waals surface area contributed by atoms with E-state index in [-0.39, 0.29) is 24.7 Å². The maximum Gasteiger partial charge on any atom is 0.387 e. The zero-order valence-corrected chi connectivity index (χ0v) is 19.4. The third-order valence-electron chi connectivity index (χ3n) is 5.86. The number of benzene rings is 3. The first-order valence-electron chi connectivity index (χ1n) is 10.8. The first kappa shape index (κ1) is 23.4. The summed E-state index contributed by atoms with van der Waals surface area (Å²) in [5.41, 5.74) is 3.03. The van der Waals surface area contributed by atoms with E-state index in [1.807, 2.05) is 4.57 Å². The predicted octanol–water partition coefficient (Wildman–Crippen LogP) is 5.11. The van der Waals surface area contributed by atoms with E-state index in [2.05, 4.69) is 4.98 Å². The predicted molar refractivity (Wildman–Crippen MR) is 125 cm³/mol. The number of hydrogen-bond acceptors (Lipinski definition) is 5. The van der Waals surface area contributed by atoms with Crippen LogP contribution in [0.2, 0.25) is 0 Å². The molecule has 0 fully saturated rings. The molecule has 6 nitrogen and oxygen atoms in total. The van der Waals surface area contributed by atoms with Crippen LogP contribution in [0, 0.1) is 5.82 Å². The molecule has 182 valence electrons. The van der Waals surface area contributed by atoms with Crippen molar-refractivity contribution in [1.82, 2.24) is 9.55 Å². The van der Waals surface area contributed by atoms with Crippen molar-refractivity contribution < 1.29 is 31.1 Å². The lowest BCUT2D eigenvalue weighted by molar-refractivity contribution is -0.0512. The molecule has 2 heterocycles. The summed E-state index contributed by atoms with van der Waals surface area (Å²) in [5, 5.41) is 0. The van der Waals surface area contributed by atoms with Crippen LogP contribution in [-0.2, 0) is 26.9 Å². The molecule has 0 N–H and O–H groups in total. The largest absolute Gasteiger partial charge is 0.434 e. The second-order valence-corrected chi connectivity index (χ2v) is 10.6. The minimum atomic E-state index is -3.19. The van der Waals surface area contributed by atoms with Crippen LogP contribution >= 0.6 is 0 Å². The quantitative estimate of drug-likeness (QED) is 0.367. The van der Waals surface area contributed by atoms with Gasteiger partial charge in [0.2, 0.25) is 0 Å². The second kappa shape index (κ2) is 9.01. The summed E-state index contributed by atoms with van der Waals surface area (Å²) >= 11 is 0. The lowest BCUT2D eigenvalue weighted by Gasteiger charge is -2.28. The van der Waals surface area contributed by atoms with Crippen molar-refractivity contribution in [2.45, 2.75) is 25.0 Å². The van der Waals surface area contributed by atoms with Gasteiger partial charge in [0.1, 0.15) is 24.0 Å². The second-order valence-electron chi connectivity index (χ2n) is 8.43. The van der Waals surface area contributed by atoms with Crippen molar-refractivity contribution in [3.8, 4) is 16.9 Å². The van der Waals surface area contributed by atoms with Crippen LogP contribution in [0.1, 0.15) is 23.0 Å². The minimum Gasteiger partial charge on any atom is -0.434 e. The third-order valence-corrected chi connectivity index (χ3v) is 6.72. The summed E-state index contributed by atoms with van der Waals surface area (Å²) in [4.78, 5) is 4.51. The Hall–Kier alpha value is -3.37. The zero-order chi connectivity index (χ0) is 24.7. The molecular weight excluding hydrogens is 481 g/mol. The van der Waals surface area contributed by atoms with Crippen LogP contribution in [0.15, 0.2) is 60.7 Å². The molecule has 35 heavy (non-hydrogen) atoms. The van der Waals surface area contributed by atoms with Gasteiger partial charge >= 0.3 is 6.61 Å². The fourth-order valence-corrected chi connectivity index (χ4v) is 5.24. The maximum atomic E-state index is 15.1. The van der Waals surface area contributed by atoms with E-state index in [1.54, 1.807) is 48.5 Å². The number of hydrogen-bond donors (Lipinski definition) is 0. The molecule has 0 saturated carbocycles. The van der Waals surface area contributed by atoms with Gasteiger partial charge in [-0.2, -0.15) is 8.78 Å². The van der Waals surface area contributed by atoms with Gasteiger partial charge in [0, 0.05) is 23.4 Å². The molecule has 1 aliphatic heterocycles. The van der Waals surface area contributed by atoms with E-state index in [4.69, 9.17) is 9.47 Å². The van der Waals surface area contributed by atoms with Gasteiger partial charge in [-0.15, -0.1) is 0 Å². The molecule has 3 aromatic carbocycles. The summed E-state index contributed by atoms with van der Waals surface area (Å²) in [5.74, 6) is -0.00681. The highest BCUT2D eigenvalue weighted by Gasteiger charge is 2.29. The van der Waals surface area contributed by atoms with Crippen molar-refractivity contribution in [3.05, 3.63) is 83.4 Å². The van der Waals surface area contributed by atoms with Gasteiger partial charge in [0.05, 0.1) is 29.4 Å². The smallest absolute Gasteiger partial charge is 0.387 e. The molecule has 0 radical (unpaired) electrons. The van der Waals surface area contributed by atoms with Crippen molar-refractivity contribution in [1.29, 1.82) is 0 Å². The summed E-state index contributed by atoms with van der Waals surface area (Å²) in [6.07, 6.45) is 1.15. The van der Waals surface area contributed by atoms with Crippen LogP contribution in [0.5, 0.6) is 5.75 Å². The number of imidazole rings is 1. The van der Waals surface area contributed by atoms with Crippen LogP contribution in [0.4, 0.5) is 13.2 Å². The Morgan fingerprint density at radius 2 is 1.89 bits per heavy atom. The molecule has 4 aromatic rings. The van der Waals surface area contributed by atoms with E-state index >= 15 is 4.39 Å². The number of aromatic nitrogens is 2. The fraction of sp³-hybridized carbons (Fsp3) is 0.240. The van der Waals surface area contributed by atoms with Gasteiger partial charge < -0.3 is 14.0 Å². The van der Waals surface area contributed by atoms with E-state index in [9.17, 15) is 17.2 Å². The van der Waals surface area contributed by atoms with Gasteiger partial charge in [0.15, 0.2) is 9.84 Å². The molecule has 0 aliphatic carbocycles. The normalized spacial score (nSPS) is 16.0. The molecule has 5 rings (SSSR count). The number of ether oxygens (including phenoxy) is 2. The average Bonchev–Trinajstić information content (AvgIpc) is 3.15. The van der Waals surface area contributed by atoms with Crippen LogP contribution in [0.3, 0.4) is 0 Å². The molecular formula is C25H21F3N2O4S. The van der Waals surface area contributed by atoms with E-state index in [1.165, 1.54) is 12.1 Å². The number of halogens is 3. The van der Waals surface area contributed by atoms with Gasteiger partial charge in [-0.1, -0.05) is 42.5 Å². The highest BCUT2D eigenvalue weighted by Crippen LogP contribution is 2.37. The molecule has 10 heteroatoms. The number of rotatable bonds is 6. The van der Waals surface area contributed by atoms with E-state index in [0.29, 0.717) is 39.1 Å². The first-order valence-corrected chi connectivity index (χ1v) is 12.8. The lowest BCUT2D eigenvalue weighted by atomic mass is 10.0. The zero-order valence-electron chi connectivity index (χ0n) is 18.6. The van der Waals surface area contributed by atoms with Gasteiger partial charge in [-0.05, 0) is 23.3 Å². The molecule has 1 unspecified atom stereocenters. The summed E-state index contributed by atoms with van der Waals surface area (Å²) in [6.45, 7) is -2.58. The SMILES string of the molecule is CS(=O)(=O)Cc1ccc(-c2cc3c(cc2F)nc2n3C(c3ccccc3OC(F)F)COC2)cc1. The molecule has 0 saturated heterocycles. The molecule has 1 aliphatic rings. The average molecular weight is 503 g/mol. The highest BCUT2D eigenvalue weighted by atomic mass is 32.2. The standard InChI is InChI=1S/C25H21F3N2O4S/c1-35(31,32)14-15-6-8-16(9-7-15)18-10-21-20(11-19(18)26)29-24-13-33-12-22(30(21)24)17-4-2-3-5-23(17)34-25(27)28/h2-11,22,25H,12-14H2,1H3. The van der Waals surface area contributed by atoms with Gasteiger partial charge in [-0.3, -0.25) is 0 Å². The molecule has 1 aromatic heterocycles. The third kappa shape index (κ3) is 4.76. The Bertz CT molecular complexity index is 1500. The Morgan fingerprint density at radius 1 is 1.14 bits per heavy atom. The number of sulfone groups is 1. The minimum absolute atomic E-state index is 0.0367. The van der Waals surface area contributed by atoms with Crippen molar-refractivity contribution in [3.63, 3.8) is 0 Å². The van der Waals surface area contributed by atoms with Crippen molar-refractivity contribution in [2.75, 3.05) is 12.9 Å². The van der Waals surface area contributed by atoms with Crippen LogP contribution < -0.4 is 4.74 Å². The number of fused-ring (bicyclic) bond motifs is 3. The highest BCUT2D eigenvalue weighted by molar-refractivity contribution is 7.89. The number of nitrogens with zero attached hydrogens (tertiary/aromatic N) is 2. The van der Waals surface area contributed by atoms with Crippen LogP contribution in [0.25, 0.3) is 22.2 Å². The fourth-order valence-electron chi connectivity index (χ4n) is 4.44. The summed E-state index contributed by atoms with van der Waals surface area (Å²) in [6, 6.07) is 15.6. The van der Waals surface area contributed by atoms with E-state index < -0.39 is 28.3 Å². The Labute approximate surface area is 199 Å². The monoisotopic (exact) mass is 502 g/mol. The van der Waals surface area contributed by atoms with Gasteiger partial charge in [-0.25, -0.2) is 17.8 Å². The maximum absolute atomic E-state index is 15.1. The number of alkyl halides is 2. The molecule has 0 bridgehead atoms. The topological polar surface area (TPSA) is 70.4 Å². The number of para-hydroxylation sites is 1. The Kier molecular flexibility index (Phi) is 6.02. The van der Waals surface area contributed by atoms with Crippen molar-refractivity contribution >= 4 is 20.9 Å². The summed E-state index contributed by atoms with van der Waals surface area (Å²) < 4.78 is 76.5. The van der Waals surface area contributed by atoms with E-state index in [0.717, 1.165) is 6.26 Å². The lowest BCUT2D eigenvalue weighted by Crippen LogP contribution is -2.25. The summed E-state index contributed by atoms with van der Waals surface area (Å²) in [7, 11) is -3.19. The van der Waals surface area contributed by atoms with Gasteiger partial charge in [0.25, 0.3) is 0 Å². The molecule has 1 atom stereocenters. The Balaban J connectivity index is 1.60. The first-order chi connectivity index (χ1) is 16.7. The van der Waals surface area contributed by atoms with Crippen molar-refractivity contribution in [2.24, 2.45) is 0 Å².